The summed E-state index contributed by atoms with van der Waals surface area (Å²) in [6.07, 6.45) is 1.38. The monoisotopic (exact) mass is 350 g/mol. The molecule has 2 aromatic carbocycles. The standard InChI is InChI=1S/C22H26N2O2/c1-21(2)18(19(25)23-16-10-6-4-7-11-16)14-15-22(21,3)20(26)24-17-12-8-5-9-13-17/h4-13,18H,14-15H2,1-3H3,(H,23,25)(H,24,26)/t18-,22+/m0/s1. The van der Waals surface area contributed by atoms with E-state index in [-0.39, 0.29) is 17.7 Å². The molecule has 0 heterocycles. The highest BCUT2D eigenvalue weighted by Gasteiger charge is 2.57. The van der Waals surface area contributed by atoms with Gasteiger partial charge < -0.3 is 10.6 Å². The lowest BCUT2D eigenvalue weighted by Gasteiger charge is -2.39. The molecule has 0 saturated heterocycles. The molecule has 1 aliphatic carbocycles. The van der Waals surface area contributed by atoms with Gasteiger partial charge in [0.15, 0.2) is 0 Å². The van der Waals surface area contributed by atoms with Gasteiger partial charge in [0.1, 0.15) is 0 Å². The van der Waals surface area contributed by atoms with Crippen LogP contribution in [0.3, 0.4) is 0 Å². The fourth-order valence-corrected chi connectivity index (χ4v) is 3.91. The Kier molecular flexibility index (Phi) is 4.86. The number of rotatable bonds is 4. The fourth-order valence-electron chi connectivity index (χ4n) is 3.91. The molecule has 4 nitrogen and oxygen atoms in total. The lowest BCUT2D eigenvalue weighted by Crippen LogP contribution is -2.46. The normalized spacial score (nSPS) is 24.0. The average molecular weight is 350 g/mol. The molecule has 0 aromatic heterocycles. The van der Waals surface area contributed by atoms with E-state index in [0.717, 1.165) is 11.4 Å². The molecule has 0 bridgehead atoms. The summed E-state index contributed by atoms with van der Waals surface area (Å²) in [5, 5.41) is 6.01. The zero-order chi connectivity index (χ0) is 18.8. The van der Waals surface area contributed by atoms with Crippen molar-refractivity contribution in [3.63, 3.8) is 0 Å². The van der Waals surface area contributed by atoms with E-state index in [1.165, 1.54) is 0 Å². The number of hydrogen-bond donors (Lipinski definition) is 2. The van der Waals surface area contributed by atoms with Crippen molar-refractivity contribution >= 4 is 23.2 Å². The van der Waals surface area contributed by atoms with E-state index >= 15 is 0 Å². The molecule has 136 valence electrons. The summed E-state index contributed by atoms with van der Waals surface area (Å²) in [4.78, 5) is 25.9. The summed E-state index contributed by atoms with van der Waals surface area (Å²) in [6, 6.07) is 18.9. The SMILES string of the molecule is CC1(C)[C@H](C(=O)Nc2ccccc2)CC[C@]1(C)C(=O)Nc1ccccc1. The second kappa shape index (κ2) is 6.94. The predicted molar refractivity (Wildman–Crippen MR) is 105 cm³/mol. The molecule has 3 rings (SSSR count). The van der Waals surface area contributed by atoms with Crippen molar-refractivity contribution in [2.75, 3.05) is 10.6 Å². The van der Waals surface area contributed by atoms with Crippen LogP contribution in [0.4, 0.5) is 11.4 Å². The largest absolute Gasteiger partial charge is 0.326 e. The number of benzene rings is 2. The van der Waals surface area contributed by atoms with Crippen LogP contribution in [0.2, 0.25) is 0 Å². The van der Waals surface area contributed by atoms with Gasteiger partial charge in [0.05, 0.1) is 5.41 Å². The van der Waals surface area contributed by atoms with Crippen molar-refractivity contribution < 1.29 is 9.59 Å². The van der Waals surface area contributed by atoms with Crippen molar-refractivity contribution in [3.05, 3.63) is 60.7 Å². The first kappa shape index (κ1) is 18.2. The summed E-state index contributed by atoms with van der Waals surface area (Å²) in [7, 11) is 0. The van der Waals surface area contributed by atoms with Crippen LogP contribution in [-0.4, -0.2) is 11.8 Å². The number of carbonyl (C=O) groups is 2. The molecule has 0 unspecified atom stereocenters. The Labute approximate surface area is 155 Å². The van der Waals surface area contributed by atoms with Gasteiger partial charge in [-0.25, -0.2) is 0 Å². The van der Waals surface area contributed by atoms with Crippen molar-refractivity contribution in [1.82, 2.24) is 0 Å². The summed E-state index contributed by atoms with van der Waals surface area (Å²) >= 11 is 0. The molecule has 0 spiro atoms. The lowest BCUT2D eigenvalue weighted by molar-refractivity contribution is -0.133. The van der Waals surface area contributed by atoms with E-state index in [1.807, 2.05) is 81.4 Å². The Bertz CT molecular complexity index is 786. The van der Waals surface area contributed by atoms with E-state index in [4.69, 9.17) is 0 Å². The molecular weight excluding hydrogens is 324 g/mol. The van der Waals surface area contributed by atoms with Crippen LogP contribution in [-0.2, 0) is 9.59 Å². The van der Waals surface area contributed by atoms with Crippen molar-refractivity contribution in [2.24, 2.45) is 16.7 Å². The van der Waals surface area contributed by atoms with Crippen LogP contribution >= 0.6 is 0 Å². The topological polar surface area (TPSA) is 58.2 Å². The number of nitrogens with one attached hydrogen (secondary N) is 2. The van der Waals surface area contributed by atoms with E-state index in [1.54, 1.807) is 0 Å². The molecule has 0 radical (unpaired) electrons. The van der Waals surface area contributed by atoms with Crippen molar-refractivity contribution in [2.45, 2.75) is 33.6 Å². The third-order valence-electron chi connectivity index (χ3n) is 6.12. The molecule has 2 N–H and O–H groups in total. The van der Waals surface area contributed by atoms with Gasteiger partial charge in [-0.15, -0.1) is 0 Å². The summed E-state index contributed by atoms with van der Waals surface area (Å²) in [6.45, 7) is 6.03. The molecule has 4 heteroatoms. The Hall–Kier alpha value is -2.62. The van der Waals surface area contributed by atoms with Gasteiger partial charge in [-0.05, 0) is 42.5 Å². The first-order valence-electron chi connectivity index (χ1n) is 9.07. The lowest BCUT2D eigenvalue weighted by atomic mass is 9.65. The number of hydrogen-bond acceptors (Lipinski definition) is 2. The van der Waals surface area contributed by atoms with Crippen LogP contribution in [0, 0.1) is 16.7 Å². The van der Waals surface area contributed by atoms with Crippen LogP contribution in [0.25, 0.3) is 0 Å². The second-order valence-electron chi connectivity index (χ2n) is 7.82. The average Bonchev–Trinajstić information content (AvgIpc) is 2.87. The molecular formula is C22H26N2O2. The minimum atomic E-state index is -0.610. The Morgan fingerprint density at radius 3 is 1.88 bits per heavy atom. The molecule has 1 aliphatic rings. The van der Waals surface area contributed by atoms with Gasteiger partial charge in [0.2, 0.25) is 11.8 Å². The minimum absolute atomic E-state index is 0.0163. The molecule has 1 saturated carbocycles. The van der Waals surface area contributed by atoms with Crippen molar-refractivity contribution in [1.29, 1.82) is 0 Å². The van der Waals surface area contributed by atoms with E-state index in [0.29, 0.717) is 12.8 Å². The Morgan fingerprint density at radius 2 is 1.35 bits per heavy atom. The quantitative estimate of drug-likeness (QED) is 0.839. The van der Waals surface area contributed by atoms with Crippen LogP contribution < -0.4 is 10.6 Å². The van der Waals surface area contributed by atoms with Crippen LogP contribution in [0.15, 0.2) is 60.7 Å². The molecule has 2 amide bonds. The Balaban J connectivity index is 1.76. The van der Waals surface area contributed by atoms with Gasteiger partial charge in [0, 0.05) is 17.3 Å². The predicted octanol–water partition coefficient (Wildman–Crippen LogP) is 4.71. The first-order valence-corrected chi connectivity index (χ1v) is 9.07. The molecule has 0 aliphatic heterocycles. The highest BCUT2D eigenvalue weighted by Crippen LogP contribution is 2.56. The van der Waals surface area contributed by atoms with Crippen LogP contribution in [0.5, 0.6) is 0 Å². The highest BCUT2D eigenvalue weighted by molar-refractivity contribution is 5.98. The summed E-state index contributed by atoms with van der Waals surface area (Å²) < 4.78 is 0. The third-order valence-corrected chi connectivity index (χ3v) is 6.12. The first-order chi connectivity index (χ1) is 12.3. The number of anilines is 2. The van der Waals surface area contributed by atoms with E-state index in [2.05, 4.69) is 10.6 Å². The highest BCUT2D eigenvalue weighted by atomic mass is 16.2. The van der Waals surface area contributed by atoms with Gasteiger partial charge in [-0.1, -0.05) is 57.2 Å². The van der Waals surface area contributed by atoms with Crippen molar-refractivity contribution in [3.8, 4) is 0 Å². The number of amides is 2. The maximum atomic E-state index is 13.0. The maximum Gasteiger partial charge on any atom is 0.230 e. The van der Waals surface area contributed by atoms with Gasteiger partial charge in [-0.3, -0.25) is 9.59 Å². The van der Waals surface area contributed by atoms with Gasteiger partial charge in [0.25, 0.3) is 0 Å². The zero-order valence-electron chi connectivity index (χ0n) is 15.6. The molecule has 2 atom stereocenters. The molecule has 26 heavy (non-hydrogen) atoms. The zero-order valence-corrected chi connectivity index (χ0v) is 15.6. The van der Waals surface area contributed by atoms with E-state index < -0.39 is 10.8 Å². The molecule has 1 fully saturated rings. The van der Waals surface area contributed by atoms with Gasteiger partial charge >= 0.3 is 0 Å². The summed E-state index contributed by atoms with van der Waals surface area (Å²) in [5.41, 5.74) is 0.508. The van der Waals surface area contributed by atoms with E-state index in [9.17, 15) is 9.59 Å². The summed E-state index contributed by atoms with van der Waals surface area (Å²) in [5.74, 6) is -0.254. The molecule has 2 aromatic rings. The number of para-hydroxylation sites is 2. The Morgan fingerprint density at radius 1 is 0.846 bits per heavy atom. The maximum absolute atomic E-state index is 13.0. The number of carbonyl (C=O) groups excluding carboxylic acids is 2. The minimum Gasteiger partial charge on any atom is -0.326 e. The fraction of sp³-hybridized carbons (Fsp3) is 0.364. The van der Waals surface area contributed by atoms with Crippen LogP contribution in [0.1, 0.15) is 33.6 Å². The smallest absolute Gasteiger partial charge is 0.230 e. The third kappa shape index (κ3) is 3.24. The second-order valence-corrected chi connectivity index (χ2v) is 7.82. The van der Waals surface area contributed by atoms with Gasteiger partial charge in [-0.2, -0.15) is 0 Å².